The summed E-state index contributed by atoms with van der Waals surface area (Å²) < 4.78 is 0.999. The predicted molar refractivity (Wildman–Crippen MR) is 83.7 cm³/mol. The molecule has 2 aromatic rings. The molecule has 0 saturated heterocycles. The van der Waals surface area contributed by atoms with Crippen molar-refractivity contribution in [1.82, 2.24) is 5.32 Å². The number of nitrogens with one attached hydrogen (secondary N) is 2. The van der Waals surface area contributed by atoms with Crippen molar-refractivity contribution in [2.45, 2.75) is 6.42 Å². The maximum atomic E-state index is 11.7. The Kier molecular flexibility index (Phi) is 5.57. The molecule has 19 heavy (non-hydrogen) atoms. The highest BCUT2D eigenvalue weighted by molar-refractivity contribution is 9.10. The Hall–Kier alpha value is -1.17. The van der Waals surface area contributed by atoms with E-state index in [0.29, 0.717) is 6.54 Å². The van der Waals surface area contributed by atoms with Crippen LogP contribution in [-0.4, -0.2) is 19.0 Å². The van der Waals surface area contributed by atoms with E-state index in [1.54, 1.807) is 11.3 Å². The van der Waals surface area contributed by atoms with E-state index in [4.69, 9.17) is 0 Å². The van der Waals surface area contributed by atoms with Gasteiger partial charge < -0.3 is 10.6 Å². The Morgan fingerprint density at radius 2 is 2.00 bits per heavy atom. The zero-order valence-corrected chi connectivity index (χ0v) is 12.8. The van der Waals surface area contributed by atoms with Crippen LogP contribution in [0.25, 0.3) is 0 Å². The molecule has 100 valence electrons. The molecule has 0 bridgehead atoms. The maximum absolute atomic E-state index is 11.7. The average molecular weight is 339 g/mol. The molecule has 0 fully saturated rings. The van der Waals surface area contributed by atoms with Gasteiger partial charge in [0.05, 0.1) is 6.54 Å². The first kappa shape index (κ1) is 14.2. The Morgan fingerprint density at radius 1 is 1.21 bits per heavy atom. The van der Waals surface area contributed by atoms with Crippen LogP contribution in [-0.2, 0) is 11.2 Å². The fourth-order valence-corrected chi connectivity index (χ4v) is 2.58. The summed E-state index contributed by atoms with van der Waals surface area (Å²) in [6.07, 6.45) is 0.953. The summed E-state index contributed by atoms with van der Waals surface area (Å²) in [4.78, 5) is 11.7. The van der Waals surface area contributed by atoms with Crippen molar-refractivity contribution in [3.8, 4) is 0 Å². The molecular formula is C14H15BrN2OS. The van der Waals surface area contributed by atoms with Gasteiger partial charge in [-0.2, -0.15) is 11.3 Å². The molecule has 5 heteroatoms. The highest BCUT2D eigenvalue weighted by Crippen LogP contribution is 2.13. The minimum Gasteiger partial charge on any atom is -0.325 e. The lowest BCUT2D eigenvalue weighted by Gasteiger charge is -2.06. The van der Waals surface area contributed by atoms with Crippen molar-refractivity contribution in [1.29, 1.82) is 0 Å². The van der Waals surface area contributed by atoms with Gasteiger partial charge in [0, 0.05) is 10.2 Å². The van der Waals surface area contributed by atoms with E-state index >= 15 is 0 Å². The van der Waals surface area contributed by atoms with E-state index in [9.17, 15) is 4.79 Å². The van der Waals surface area contributed by atoms with Gasteiger partial charge in [0.2, 0.25) is 5.91 Å². The highest BCUT2D eigenvalue weighted by Gasteiger charge is 2.01. The molecule has 2 rings (SSSR count). The lowest BCUT2D eigenvalue weighted by molar-refractivity contribution is -0.115. The summed E-state index contributed by atoms with van der Waals surface area (Å²) in [6, 6.07) is 9.65. The average Bonchev–Trinajstić information content (AvgIpc) is 2.91. The number of thiophene rings is 1. The minimum absolute atomic E-state index is 0.0207. The molecule has 1 amide bonds. The molecule has 3 nitrogen and oxygen atoms in total. The van der Waals surface area contributed by atoms with Crippen LogP contribution in [0.3, 0.4) is 0 Å². The highest BCUT2D eigenvalue weighted by atomic mass is 79.9. The van der Waals surface area contributed by atoms with Gasteiger partial charge in [-0.15, -0.1) is 0 Å². The van der Waals surface area contributed by atoms with Crippen LogP contribution in [0.5, 0.6) is 0 Å². The first-order valence-corrected chi connectivity index (χ1v) is 7.75. The number of amides is 1. The third-order valence-corrected chi connectivity index (χ3v) is 3.84. The van der Waals surface area contributed by atoms with Gasteiger partial charge in [-0.1, -0.05) is 15.9 Å². The number of halogens is 1. The Balaban J connectivity index is 1.65. The van der Waals surface area contributed by atoms with Crippen LogP contribution < -0.4 is 10.6 Å². The van der Waals surface area contributed by atoms with Gasteiger partial charge >= 0.3 is 0 Å². The first-order chi connectivity index (χ1) is 9.24. The van der Waals surface area contributed by atoms with Gasteiger partial charge in [-0.3, -0.25) is 4.79 Å². The molecule has 0 radical (unpaired) electrons. The second kappa shape index (κ2) is 7.43. The maximum Gasteiger partial charge on any atom is 0.238 e. The topological polar surface area (TPSA) is 41.1 Å². The van der Waals surface area contributed by atoms with Gasteiger partial charge in [0.15, 0.2) is 0 Å². The summed E-state index contributed by atoms with van der Waals surface area (Å²) in [5, 5.41) is 10.2. The van der Waals surface area contributed by atoms with E-state index in [1.165, 1.54) is 5.56 Å². The van der Waals surface area contributed by atoms with Crippen LogP contribution in [0.4, 0.5) is 5.69 Å². The normalized spacial score (nSPS) is 10.4. The van der Waals surface area contributed by atoms with Gasteiger partial charge in [0.1, 0.15) is 0 Å². The van der Waals surface area contributed by atoms with Gasteiger partial charge in [0.25, 0.3) is 0 Å². The molecule has 0 unspecified atom stereocenters. The molecule has 2 N–H and O–H groups in total. The van der Waals surface area contributed by atoms with E-state index in [0.717, 1.165) is 23.1 Å². The second-order valence-corrected chi connectivity index (χ2v) is 5.81. The third-order valence-electron chi connectivity index (χ3n) is 2.58. The van der Waals surface area contributed by atoms with Crippen molar-refractivity contribution in [2.75, 3.05) is 18.4 Å². The monoisotopic (exact) mass is 338 g/mol. The number of carbonyl (C=O) groups excluding carboxylic acids is 1. The number of rotatable bonds is 6. The molecule has 1 aromatic carbocycles. The smallest absolute Gasteiger partial charge is 0.238 e. The molecule has 0 saturated carbocycles. The number of benzene rings is 1. The van der Waals surface area contributed by atoms with Crippen molar-refractivity contribution in [2.24, 2.45) is 0 Å². The Bertz CT molecular complexity index is 511. The molecule has 1 heterocycles. The molecule has 0 aliphatic heterocycles. The summed E-state index contributed by atoms with van der Waals surface area (Å²) >= 11 is 5.05. The lowest BCUT2D eigenvalue weighted by Crippen LogP contribution is -2.29. The van der Waals surface area contributed by atoms with Crippen LogP contribution >= 0.6 is 27.3 Å². The summed E-state index contributed by atoms with van der Waals surface area (Å²) in [6.45, 7) is 1.14. The lowest BCUT2D eigenvalue weighted by atomic mass is 10.2. The van der Waals surface area contributed by atoms with Gasteiger partial charge in [-0.25, -0.2) is 0 Å². The van der Waals surface area contributed by atoms with Crippen molar-refractivity contribution in [3.63, 3.8) is 0 Å². The fourth-order valence-electron chi connectivity index (χ4n) is 1.61. The number of hydrogen-bond donors (Lipinski definition) is 2. The van der Waals surface area contributed by atoms with Crippen molar-refractivity contribution >= 4 is 38.9 Å². The van der Waals surface area contributed by atoms with Crippen LogP contribution in [0.1, 0.15) is 5.56 Å². The number of carbonyl (C=O) groups is 1. The molecule has 0 aliphatic rings. The second-order valence-electron chi connectivity index (χ2n) is 4.11. The molecular weight excluding hydrogens is 324 g/mol. The summed E-state index contributed by atoms with van der Waals surface area (Å²) in [5.41, 5.74) is 2.12. The Labute approximate surface area is 125 Å². The van der Waals surface area contributed by atoms with E-state index in [2.05, 4.69) is 43.4 Å². The zero-order valence-electron chi connectivity index (χ0n) is 10.4. The third kappa shape index (κ3) is 5.14. The van der Waals surface area contributed by atoms with Crippen LogP contribution in [0, 0.1) is 0 Å². The first-order valence-electron chi connectivity index (χ1n) is 6.01. The van der Waals surface area contributed by atoms with E-state index < -0.39 is 0 Å². The standard InChI is InChI=1S/C14H15BrN2OS/c15-12-1-3-13(4-2-12)17-14(18)9-16-7-5-11-6-8-19-10-11/h1-4,6,8,10,16H,5,7,9H2,(H,17,18). The number of anilines is 1. The molecule has 0 atom stereocenters. The molecule has 0 spiro atoms. The summed E-state index contributed by atoms with van der Waals surface area (Å²) in [5.74, 6) is -0.0207. The largest absolute Gasteiger partial charge is 0.325 e. The number of hydrogen-bond acceptors (Lipinski definition) is 3. The van der Waals surface area contributed by atoms with Crippen molar-refractivity contribution < 1.29 is 4.79 Å². The van der Waals surface area contributed by atoms with E-state index in [1.807, 2.05) is 24.3 Å². The van der Waals surface area contributed by atoms with Crippen molar-refractivity contribution in [3.05, 3.63) is 51.1 Å². The Morgan fingerprint density at radius 3 is 2.68 bits per heavy atom. The zero-order chi connectivity index (χ0) is 13.5. The predicted octanol–water partition coefficient (Wildman–Crippen LogP) is 3.28. The SMILES string of the molecule is O=C(CNCCc1ccsc1)Nc1ccc(Br)cc1. The van der Waals surface area contributed by atoms with Crippen LogP contribution in [0.15, 0.2) is 45.6 Å². The fraction of sp³-hybridized carbons (Fsp3) is 0.214. The molecule has 1 aromatic heterocycles. The minimum atomic E-state index is -0.0207. The quantitative estimate of drug-likeness (QED) is 0.793. The molecule has 0 aliphatic carbocycles. The van der Waals surface area contributed by atoms with Gasteiger partial charge in [-0.05, 0) is 59.6 Å². The summed E-state index contributed by atoms with van der Waals surface area (Å²) in [7, 11) is 0. The van der Waals surface area contributed by atoms with Crippen LogP contribution in [0.2, 0.25) is 0 Å². The van der Waals surface area contributed by atoms with E-state index in [-0.39, 0.29) is 5.91 Å².